The fourth-order valence-corrected chi connectivity index (χ4v) is 1.15. The molecule has 0 aromatic heterocycles. The van der Waals surface area contributed by atoms with Crippen molar-refractivity contribution in [3.05, 3.63) is 34.3 Å². The van der Waals surface area contributed by atoms with Crippen molar-refractivity contribution in [2.75, 3.05) is 0 Å². The molecule has 0 fully saturated rings. The predicted octanol–water partition coefficient (Wildman–Crippen LogP) is 0.823. The van der Waals surface area contributed by atoms with Crippen LogP contribution < -0.4 is 11.1 Å². The molecule has 4 N–H and O–H groups in total. The van der Waals surface area contributed by atoms with E-state index in [2.05, 4.69) is 0 Å². The van der Waals surface area contributed by atoms with Crippen LogP contribution in [-0.2, 0) is 6.18 Å². The molecule has 0 atom stereocenters. The maximum absolute atomic E-state index is 12.2. The molecule has 0 unspecified atom stereocenters. The summed E-state index contributed by atoms with van der Waals surface area (Å²) in [5.74, 6) is -0.235. The van der Waals surface area contributed by atoms with E-state index in [-0.39, 0.29) is 16.4 Å². The quantitative estimate of drug-likeness (QED) is 0.538. The Bertz CT molecular complexity index is 373. The Morgan fingerprint density at radius 3 is 2.36 bits per heavy atom. The molecular weight excluding hydrogens is 217 g/mol. The second-order valence-corrected chi connectivity index (χ2v) is 3.05. The SMILES string of the molecule is NC(=[NH2+])c1cc(C(F)(F)F)ccc1Cl. The minimum Gasteiger partial charge on any atom is -0.287 e. The first-order valence-electron chi connectivity index (χ1n) is 3.57. The van der Waals surface area contributed by atoms with Crippen molar-refractivity contribution >= 4 is 17.4 Å². The second kappa shape index (κ2) is 3.49. The largest absolute Gasteiger partial charge is 0.416 e. The van der Waals surface area contributed by atoms with Crippen LogP contribution in [0.5, 0.6) is 0 Å². The molecule has 0 saturated heterocycles. The van der Waals surface area contributed by atoms with E-state index in [1.807, 2.05) is 0 Å². The summed E-state index contributed by atoms with van der Waals surface area (Å²) in [5.41, 5.74) is 4.34. The molecule has 0 aliphatic heterocycles. The number of hydrogen-bond donors (Lipinski definition) is 2. The first kappa shape index (κ1) is 10.8. The lowest BCUT2D eigenvalue weighted by Gasteiger charge is -2.07. The summed E-state index contributed by atoms with van der Waals surface area (Å²) in [7, 11) is 0. The molecule has 0 aliphatic carbocycles. The Labute approximate surface area is 83.0 Å². The average Bonchev–Trinajstić information content (AvgIpc) is 2.02. The van der Waals surface area contributed by atoms with E-state index in [0.717, 1.165) is 18.2 Å². The second-order valence-electron chi connectivity index (χ2n) is 2.65. The molecule has 0 aliphatic rings. The van der Waals surface area contributed by atoms with E-state index in [4.69, 9.17) is 22.7 Å². The van der Waals surface area contributed by atoms with Crippen molar-refractivity contribution in [1.82, 2.24) is 0 Å². The highest BCUT2D eigenvalue weighted by Gasteiger charge is 2.31. The predicted molar refractivity (Wildman–Crippen MR) is 46.7 cm³/mol. The highest BCUT2D eigenvalue weighted by molar-refractivity contribution is 6.33. The minimum atomic E-state index is -4.42. The number of hydrogen-bond acceptors (Lipinski definition) is 0. The summed E-state index contributed by atoms with van der Waals surface area (Å²) in [6.07, 6.45) is -4.42. The molecular formula is C8H7ClF3N2+. The minimum absolute atomic E-state index is 0.00138. The van der Waals surface area contributed by atoms with Gasteiger partial charge >= 0.3 is 6.18 Å². The Balaban J connectivity index is 3.27. The van der Waals surface area contributed by atoms with E-state index in [0.29, 0.717) is 0 Å². The molecule has 6 heteroatoms. The Hall–Kier alpha value is -1.23. The third kappa shape index (κ3) is 2.17. The van der Waals surface area contributed by atoms with Crippen molar-refractivity contribution in [2.45, 2.75) is 6.18 Å². The van der Waals surface area contributed by atoms with Gasteiger partial charge in [-0.25, -0.2) is 0 Å². The molecule has 1 aromatic carbocycles. The molecule has 0 saturated carbocycles. The summed E-state index contributed by atoms with van der Waals surface area (Å²) in [6.45, 7) is 0. The van der Waals surface area contributed by atoms with Gasteiger partial charge in [0.15, 0.2) is 0 Å². The normalized spacial score (nSPS) is 11.4. The van der Waals surface area contributed by atoms with E-state index in [1.165, 1.54) is 0 Å². The highest BCUT2D eigenvalue weighted by atomic mass is 35.5. The van der Waals surface area contributed by atoms with Gasteiger partial charge in [0.05, 0.1) is 16.1 Å². The summed E-state index contributed by atoms with van der Waals surface area (Å²) in [6, 6.07) is 2.80. The maximum Gasteiger partial charge on any atom is 0.416 e. The third-order valence-electron chi connectivity index (χ3n) is 1.60. The summed E-state index contributed by atoms with van der Waals surface area (Å²) >= 11 is 5.59. The number of nitrogens with two attached hydrogens (primary N) is 2. The fraction of sp³-hybridized carbons (Fsp3) is 0.125. The number of amidine groups is 1. The van der Waals surface area contributed by atoms with Gasteiger partial charge in [-0.2, -0.15) is 13.2 Å². The van der Waals surface area contributed by atoms with Crippen LogP contribution in [0.1, 0.15) is 11.1 Å². The van der Waals surface area contributed by atoms with Gasteiger partial charge in [0.1, 0.15) is 0 Å². The van der Waals surface area contributed by atoms with Gasteiger partial charge in [-0.3, -0.25) is 11.1 Å². The lowest BCUT2D eigenvalue weighted by Crippen LogP contribution is -2.46. The molecule has 1 aromatic rings. The molecule has 0 spiro atoms. The van der Waals surface area contributed by atoms with Gasteiger partial charge in [-0.15, -0.1) is 0 Å². The summed E-state index contributed by atoms with van der Waals surface area (Å²) in [4.78, 5) is 0. The third-order valence-corrected chi connectivity index (χ3v) is 1.93. The smallest absolute Gasteiger partial charge is 0.287 e. The highest BCUT2D eigenvalue weighted by Crippen LogP contribution is 2.31. The number of halogens is 4. The zero-order valence-corrected chi connectivity index (χ0v) is 7.65. The molecule has 0 radical (unpaired) electrons. The summed E-state index contributed by atoms with van der Waals surface area (Å²) < 4.78 is 36.7. The van der Waals surface area contributed by atoms with Crippen molar-refractivity contribution in [3.8, 4) is 0 Å². The maximum atomic E-state index is 12.2. The van der Waals surface area contributed by atoms with Gasteiger partial charge in [0.25, 0.3) is 5.84 Å². The van der Waals surface area contributed by atoms with E-state index >= 15 is 0 Å². The molecule has 0 bridgehead atoms. The molecule has 1 rings (SSSR count). The van der Waals surface area contributed by atoms with Crippen molar-refractivity contribution < 1.29 is 18.6 Å². The molecule has 76 valence electrons. The van der Waals surface area contributed by atoms with Crippen LogP contribution in [0, 0.1) is 0 Å². The number of rotatable bonds is 1. The van der Waals surface area contributed by atoms with E-state index in [1.54, 1.807) is 0 Å². The summed E-state index contributed by atoms with van der Waals surface area (Å²) in [5, 5.41) is 5.26. The Morgan fingerprint density at radius 1 is 1.36 bits per heavy atom. The Kier molecular flexibility index (Phi) is 2.71. The average molecular weight is 224 g/mol. The Morgan fingerprint density at radius 2 is 1.93 bits per heavy atom. The van der Waals surface area contributed by atoms with Crippen molar-refractivity contribution in [2.24, 2.45) is 5.73 Å². The van der Waals surface area contributed by atoms with Crippen LogP contribution in [0.2, 0.25) is 5.02 Å². The van der Waals surface area contributed by atoms with Crippen molar-refractivity contribution in [3.63, 3.8) is 0 Å². The topological polar surface area (TPSA) is 51.6 Å². The molecule has 0 heterocycles. The molecule has 14 heavy (non-hydrogen) atoms. The molecule has 0 amide bonds. The van der Waals surface area contributed by atoms with Crippen LogP contribution in [-0.4, -0.2) is 5.84 Å². The van der Waals surface area contributed by atoms with Crippen LogP contribution in [0.15, 0.2) is 18.2 Å². The van der Waals surface area contributed by atoms with Gasteiger partial charge in [0, 0.05) is 0 Å². The lowest BCUT2D eigenvalue weighted by molar-refractivity contribution is -0.137. The van der Waals surface area contributed by atoms with Gasteiger partial charge in [-0.05, 0) is 18.2 Å². The van der Waals surface area contributed by atoms with Crippen LogP contribution in [0.3, 0.4) is 0 Å². The zero-order chi connectivity index (χ0) is 10.9. The van der Waals surface area contributed by atoms with Crippen LogP contribution >= 0.6 is 11.6 Å². The van der Waals surface area contributed by atoms with Gasteiger partial charge in [0.2, 0.25) is 0 Å². The van der Waals surface area contributed by atoms with E-state index < -0.39 is 11.7 Å². The van der Waals surface area contributed by atoms with Gasteiger partial charge in [-0.1, -0.05) is 11.6 Å². The zero-order valence-electron chi connectivity index (χ0n) is 6.90. The fourth-order valence-electron chi connectivity index (χ4n) is 0.923. The monoisotopic (exact) mass is 223 g/mol. The van der Waals surface area contributed by atoms with Crippen LogP contribution in [0.4, 0.5) is 13.2 Å². The lowest BCUT2D eigenvalue weighted by atomic mass is 10.1. The number of benzene rings is 1. The van der Waals surface area contributed by atoms with Crippen molar-refractivity contribution in [1.29, 1.82) is 0 Å². The first-order chi connectivity index (χ1) is 6.32. The van der Waals surface area contributed by atoms with Gasteiger partial charge < -0.3 is 0 Å². The van der Waals surface area contributed by atoms with E-state index in [9.17, 15) is 13.2 Å². The molecule has 2 nitrogen and oxygen atoms in total. The first-order valence-corrected chi connectivity index (χ1v) is 3.95. The van der Waals surface area contributed by atoms with Crippen LogP contribution in [0.25, 0.3) is 0 Å². The standard InChI is InChI=1S/C8H6ClF3N2/c9-6-2-1-4(8(10,11)12)3-5(6)7(13)14/h1-3H,(H3,13,14)/p+1. The number of alkyl halides is 3.